The molecule has 0 saturated carbocycles. The van der Waals surface area contributed by atoms with Crippen LogP contribution >= 0.6 is 72.7 Å². The lowest BCUT2D eigenvalue weighted by atomic mass is 9.89. The summed E-state index contributed by atoms with van der Waals surface area (Å²) in [6.45, 7) is 6.77. The second-order valence-electron chi connectivity index (χ2n) is 5.72. The monoisotopic (exact) mass is 590 g/mol. The maximum absolute atomic E-state index is 6.76. The van der Waals surface area contributed by atoms with Crippen molar-refractivity contribution in [2.45, 2.75) is 96.1 Å². The minimum atomic E-state index is 0.202. The van der Waals surface area contributed by atoms with E-state index >= 15 is 0 Å². The Morgan fingerprint density at radius 2 is 1.55 bits per heavy atom. The van der Waals surface area contributed by atoms with E-state index in [1.807, 2.05) is 0 Å². The first-order chi connectivity index (χ1) is 9.42. The smallest absolute Gasteiger partial charge is 0.0510 e. The third-order valence-electron chi connectivity index (χ3n) is 3.80. The van der Waals surface area contributed by atoms with Gasteiger partial charge in [0.15, 0.2) is 0 Å². The highest BCUT2D eigenvalue weighted by Gasteiger charge is 2.40. The van der Waals surface area contributed by atoms with E-state index in [9.17, 15) is 0 Å². The van der Waals surface area contributed by atoms with Crippen molar-refractivity contribution < 1.29 is 0 Å². The van der Waals surface area contributed by atoms with Crippen molar-refractivity contribution >= 4 is 72.7 Å². The Kier molecular flexibility index (Phi) is 14.0. The van der Waals surface area contributed by atoms with Gasteiger partial charge in [-0.15, -0.1) is 11.6 Å². The quantitative estimate of drug-likeness (QED) is 0.160. The van der Waals surface area contributed by atoms with Crippen LogP contribution in [0.3, 0.4) is 0 Å². The first kappa shape index (κ1) is 22.2. The van der Waals surface area contributed by atoms with Gasteiger partial charge in [0.05, 0.1) is 3.42 Å². The molecule has 0 aliphatic heterocycles. The van der Waals surface area contributed by atoms with E-state index in [0.717, 1.165) is 10.3 Å². The summed E-state index contributed by atoms with van der Waals surface area (Å²) in [4.78, 5) is 0.536. The van der Waals surface area contributed by atoms with Crippen molar-refractivity contribution in [1.29, 1.82) is 0 Å². The first-order valence-corrected chi connectivity index (χ1v) is 11.7. The first-order valence-electron chi connectivity index (χ1n) is 8.03. The average Bonchev–Trinajstić information content (AvgIpc) is 2.39. The lowest BCUT2D eigenvalue weighted by molar-refractivity contribution is 0.459. The van der Waals surface area contributed by atoms with E-state index in [0.29, 0.717) is 4.83 Å². The molecule has 4 unspecified atom stereocenters. The summed E-state index contributed by atoms with van der Waals surface area (Å²) in [5, 5.41) is 0.280. The largest absolute Gasteiger partial charge is 0.122 e. The molecule has 0 spiro atoms. The molecule has 20 heavy (non-hydrogen) atoms. The van der Waals surface area contributed by atoms with E-state index in [2.05, 4.69) is 81.9 Å². The zero-order chi connectivity index (χ0) is 15.6. The van der Waals surface area contributed by atoms with Crippen LogP contribution in [-0.4, -0.2) is 17.6 Å². The molecule has 0 fully saturated rings. The van der Waals surface area contributed by atoms with Crippen LogP contribution in [0.25, 0.3) is 0 Å². The van der Waals surface area contributed by atoms with Crippen molar-refractivity contribution in [3.8, 4) is 0 Å². The molecule has 0 nitrogen and oxygen atoms in total. The van der Waals surface area contributed by atoms with Crippen molar-refractivity contribution in [2.75, 3.05) is 0 Å². The van der Waals surface area contributed by atoms with Gasteiger partial charge < -0.3 is 0 Å². The second-order valence-corrected chi connectivity index (χ2v) is 11.1. The molecule has 0 aliphatic carbocycles. The van der Waals surface area contributed by atoms with Crippen LogP contribution in [0.2, 0.25) is 0 Å². The van der Waals surface area contributed by atoms with Crippen molar-refractivity contribution in [3.63, 3.8) is 0 Å². The van der Waals surface area contributed by atoms with E-state index in [1.165, 1.54) is 51.4 Å². The van der Waals surface area contributed by atoms with Crippen LogP contribution in [0.4, 0.5) is 0 Å². The Bertz CT molecular complexity index is 227. The Hall–Kier alpha value is 2.23. The normalized spacial score (nSPS) is 19.4. The van der Waals surface area contributed by atoms with Gasteiger partial charge in [-0.3, -0.25) is 0 Å². The molecule has 122 valence electrons. The van der Waals surface area contributed by atoms with E-state index in [-0.39, 0.29) is 8.80 Å². The summed E-state index contributed by atoms with van der Waals surface area (Å²) in [6.07, 6.45) is 11.3. The molecular formula is C16H30BrClI2. The van der Waals surface area contributed by atoms with Gasteiger partial charge in [0.2, 0.25) is 0 Å². The number of alkyl halides is 4. The van der Waals surface area contributed by atoms with Gasteiger partial charge in [-0.25, -0.2) is 0 Å². The minimum Gasteiger partial charge on any atom is -0.122 e. The van der Waals surface area contributed by atoms with Gasteiger partial charge >= 0.3 is 0 Å². The zero-order valence-electron chi connectivity index (χ0n) is 13.1. The SMILES string of the molecule is CCCC(I)CCCC(I)(C(Cl)CCC)C(Br)CCC. The summed E-state index contributed by atoms with van der Waals surface area (Å²) >= 11 is 16.0. The molecule has 0 aliphatic rings. The van der Waals surface area contributed by atoms with Gasteiger partial charge in [-0.2, -0.15) is 0 Å². The van der Waals surface area contributed by atoms with Crippen LogP contribution in [0.5, 0.6) is 0 Å². The van der Waals surface area contributed by atoms with Gasteiger partial charge in [0.1, 0.15) is 0 Å². The Balaban J connectivity index is 4.52. The highest BCUT2D eigenvalue weighted by molar-refractivity contribution is 14.1. The topological polar surface area (TPSA) is 0 Å². The predicted octanol–water partition coefficient (Wildman–Crippen LogP) is 7.91. The minimum absolute atomic E-state index is 0.202. The number of hydrogen-bond donors (Lipinski definition) is 0. The number of rotatable bonds is 12. The van der Waals surface area contributed by atoms with Gasteiger partial charge in [0.25, 0.3) is 0 Å². The lowest BCUT2D eigenvalue weighted by Crippen LogP contribution is -2.41. The summed E-state index contributed by atoms with van der Waals surface area (Å²) in [5.74, 6) is 0. The summed E-state index contributed by atoms with van der Waals surface area (Å²) in [6, 6.07) is 0. The Labute approximate surface area is 167 Å². The van der Waals surface area contributed by atoms with Crippen LogP contribution in [0, 0.1) is 0 Å². The fourth-order valence-corrected chi connectivity index (χ4v) is 6.25. The van der Waals surface area contributed by atoms with E-state index in [1.54, 1.807) is 0 Å². The second kappa shape index (κ2) is 12.6. The van der Waals surface area contributed by atoms with Crippen LogP contribution in [0.1, 0.15) is 78.6 Å². The highest BCUT2D eigenvalue weighted by atomic mass is 127. The molecular weight excluding hydrogens is 561 g/mol. The standard InChI is InChI=1S/C16H30BrClI2/c1-4-8-13(19)11-7-12-16(20,14(17)9-5-2)15(18)10-6-3/h13-15H,4-12H2,1-3H3. The van der Waals surface area contributed by atoms with Crippen molar-refractivity contribution in [3.05, 3.63) is 0 Å². The molecule has 0 bridgehead atoms. The molecule has 0 aromatic heterocycles. The molecule has 0 amide bonds. The summed E-state index contributed by atoms with van der Waals surface area (Å²) in [5.41, 5.74) is 0. The summed E-state index contributed by atoms with van der Waals surface area (Å²) in [7, 11) is 0. The third kappa shape index (κ3) is 8.19. The Morgan fingerprint density at radius 3 is 2.05 bits per heavy atom. The maximum atomic E-state index is 6.76. The van der Waals surface area contributed by atoms with Crippen molar-refractivity contribution in [1.82, 2.24) is 0 Å². The van der Waals surface area contributed by atoms with Gasteiger partial charge in [-0.05, 0) is 32.1 Å². The molecule has 0 heterocycles. The molecule has 0 saturated heterocycles. The molecule has 0 N–H and O–H groups in total. The molecule has 0 radical (unpaired) electrons. The molecule has 0 aromatic carbocycles. The lowest BCUT2D eigenvalue weighted by Gasteiger charge is -2.37. The van der Waals surface area contributed by atoms with Crippen LogP contribution < -0.4 is 0 Å². The molecule has 0 aromatic rings. The number of halogens is 4. The molecule has 0 rings (SSSR count). The van der Waals surface area contributed by atoms with Gasteiger partial charge in [-0.1, -0.05) is 108 Å². The number of hydrogen-bond acceptors (Lipinski definition) is 0. The van der Waals surface area contributed by atoms with Crippen LogP contribution in [0.15, 0.2) is 0 Å². The van der Waals surface area contributed by atoms with E-state index < -0.39 is 0 Å². The predicted molar refractivity (Wildman–Crippen MR) is 115 cm³/mol. The highest BCUT2D eigenvalue weighted by Crippen LogP contribution is 2.43. The molecule has 4 heteroatoms. The zero-order valence-corrected chi connectivity index (χ0v) is 19.8. The third-order valence-corrected chi connectivity index (χ3v) is 10.2. The maximum Gasteiger partial charge on any atom is 0.0510 e. The van der Waals surface area contributed by atoms with Crippen LogP contribution in [-0.2, 0) is 0 Å². The van der Waals surface area contributed by atoms with Crippen molar-refractivity contribution in [2.24, 2.45) is 0 Å². The van der Waals surface area contributed by atoms with E-state index in [4.69, 9.17) is 11.6 Å². The average molecular weight is 592 g/mol. The fraction of sp³-hybridized carbons (Fsp3) is 1.00. The van der Waals surface area contributed by atoms with Gasteiger partial charge in [0, 0.05) is 14.1 Å². The summed E-state index contributed by atoms with van der Waals surface area (Å²) < 4.78 is 1.03. The fourth-order valence-electron chi connectivity index (χ4n) is 2.55. The Morgan fingerprint density at radius 1 is 1.00 bits per heavy atom. The molecule has 4 atom stereocenters.